The molecule has 116 valence electrons. The predicted molar refractivity (Wildman–Crippen MR) is 82.7 cm³/mol. The molecule has 1 aromatic carbocycles. The SMILES string of the molecule is O=C(NCC1CCS(=O)(=O)C1)c1ccc(-n2cccn2)cc1. The number of nitrogens with zero attached hydrogens (tertiary/aromatic N) is 2. The fourth-order valence-electron chi connectivity index (χ4n) is 2.56. The number of rotatable bonds is 4. The lowest BCUT2D eigenvalue weighted by Gasteiger charge is -2.10. The summed E-state index contributed by atoms with van der Waals surface area (Å²) in [6.45, 7) is 0.402. The van der Waals surface area contributed by atoms with Gasteiger partial charge in [-0.15, -0.1) is 0 Å². The van der Waals surface area contributed by atoms with Crippen molar-refractivity contribution in [3.05, 3.63) is 48.3 Å². The molecule has 0 radical (unpaired) electrons. The first-order valence-electron chi connectivity index (χ1n) is 7.12. The van der Waals surface area contributed by atoms with Crippen molar-refractivity contribution in [2.45, 2.75) is 6.42 Å². The Labute approximate surface area is 129 Å². The van der Waals surface area contributed by atoms with E-state index < -0.39 is 9.84 Å². The van der Waals surface area contributed by atoms with Crippen molar-refractivity contribution in [1.29, 1.82) is 0 Å². The van der Waals surface area contributed by atoms with Crippen molar-refractivity contribution in [3.63, 3.8) is 0 Å². The number of carbonyl (C=O) groups is 1. The van der Waals surface area contributed by atoms with Gasteiger partial charge in [-0.05, 0) is 42.7 Å². The van der Waals surface area contributed by atoms with Crippen molar-refractivity contribution in [2.24, 2.45) is 5.92 Å². The first kappa shape index (κ1) is 14.8. The van der Waals surface area contributed by atoms with Gasteiger partial charge in [0, 0.05) is 24.5 Å². The van der Waals surface area contributed by atoms with Gasteiger partial charge < -0.3 is 5.32 Å². The standard InChI is InChI=1S/C15H17N3O3S/c19-15(16-10-12-6-9-22(20,21)11-12)13-2-4-14(5-3-13)18-8-1-7-17-18/h1-5,7-8,12H,6,9-11H2,(H,16,19). The van der Waals surface area contributed by atoms with E-state index in [-0.39, 0.29) is 23.3 Å². The van der Waals surface area contributed by atoms with Crippen LogP contribution in [0, 0.1) is 5.92 Å². The Morgan fingerprint density at radius 2 is 2.09 bits per heavy atom. The first-order chi connectivity index (χ1) is 10.5. The minimum absolute atomic E-state index is 0.0253. The Balaban J connectivity index is 1.59. The van der Waals surface area contributed by atoms with Gasteiger partial charge in [0.05, 0.1) is 17.2 Å². The van der Waals surface area contributed by atoms with Crippen LogP contribution in [0.15, 0.2) is 42.7 Å². The van der Waals surface area contributed by atoms with Crippen LogP contribution in [0.3, 0.4) is 0 Å². The molecule has 1 N–H and O–H groups in total. The van der Waals surface area contributed by atoms with E-state index in [1.54, 1.807) is 23.0 Å². The molecule has 0 spiro atoms. The van der Waals surface area contributed by atoms with Crippen LogP contribution in [0.2, 0.25) is 0 Å². The smallest absolute Gasteiger partial charge is 0.251 e. The molecule has 1 unspecified atom stereocenters. The van der Waals surface area contributed by atoms with Crippen molar-refractivity contribution in [1.82, 2.24) is 15.1 Å². The highest BCUT2D eigenvalue weighted by Crippen LogP contribution is 2.17. The van der Waals surface area contributed by atoms with Crippen molar-refractivity contribution in [2.75, 3.05) is 18.1 Å². The lowest BCUT2D eigenvalue weighted by atomic mass is 10.1. The Morgan fingerprint density at radius 3 is 2.68 bits per heavy atom. The van der Waals surface area contributed by atoms with Gasteiger partial charge in [0.1, 0.15) is 0 Å². The maximum atomic E-state index is 12.1. The highest BCUT2D eigenvalue weighted by molar-refractivity contribution is 7.91. The topological polar surface area (TPSA) is 81.1 Å². The van der Waals surface area contributed by atoms with E-state index in [0.717, 1.165) is 5.69 Å². The number of aromatic nitrogens is 2. The molecule has 2 aromatic rings. The van der Waals surface area contributed by atoms with Gasteiger partial charge >= 0.3 is 0 Å². The number of nitrogens with one attached hydrogen (secondary N) is 1. The van der Waals surface area contributed by atoms with Crippen molar-refractivity contribution < 1.29 is 13.2 Å². The third kappa shape index (κ3) is 3.36. The molecule has 1 aromatic heterocycles. The first-order valence-corrected chi connectivity index (χ1v) is 8.94. The molecule has 1 fully saturated rings. The molecule has 0 bridgehead atoms. The van der Waals surface area contributed by atoms with Gasteiger partial charge in [0.15, 0.2) is 9.84 Å². The van der Waals surface area contributed by atoms with E-state index in [0.29, 0.717) is 18.5 Å². The van der Waals surface area contributed by atoms with Gasteiger partial charge in [-0.3, -0.25) is 4.79 Å². The molecule has 0 saturated carbocycles. The van der Waals surface area contributed by atoms with E-state index in [9.17, 15) is 13.2 Å². The lowest BCUT2D eigenvalue weighted by molar-refractivity contribution is 0.0948. The second-order valence-electron chi connectivity index (χ2n) is 5.48. The predicted octanol–water partition coefficient (Wildman–Crippen LogP) is 1.04. The summed E-state index contributed by atoms with van der Waals surface area (Å²) < 4.78 is 24.5. The molecule has 0 aliphatic carbocycles. The number of carbonyl (C=O) groups excluding carboxylic acids is 1. The van der Waals surface area contributed by atoms with Crippen LogP contribution in [0.1, 0.15) is 16.8 Å². The molecule has 1 amide bonds. The van der Waals surface area contributed by atoms with Gasteiger partial charge in [-0.2, -0.15) is 5.10 Å². The van der Waals surface area contributed by atoms with Crippen LogP contribution in [0.5, 0.6) is 0 Å². The summed E-state index contributed by atoms with van der Waals surface area (Å²) in [6.07, 6.45) is 4.15. The summed E-state index contributed by atoms with van der Waals surface area (Å²) in [4.78, 5) is 12.1. The van der Waals surface area contributed by atoms with Crippen LogP contribution >= 0.6 is 0 Å². The third-order valence-corrected chi connectivity index (χ3v) is 5.61. The van der Waals surface area contributed by atoms with Gasteiger partial charge in [0.25, 0.3) is 5.91 Å². The second kappa shape index (κ2) is 5.92. The van der Waals surface area contributed by atoms with E-state index in [1.165, 1.54) is 0 Å². The maximum Gasteiger partial charge on any atom is 0.251 e. The molecular weight excluding hydrogens is 302 g/mol. The monoisotopic (exact) mass is 319 g/mol. The average molecular weight is 319 g/mol. The summed E-state index contributed by atoms with van der Waals surface area (Å²) in [7, 11) is -2.90. The largest absolute Gasteiger partial charge is 0.352 e. The van der Waals surface area contributed by atoms with Crippen LogP contribution < -0.4 is 5.32 Å². The molecule has 1 aliphatic heterocycles. The van der Waals surface area contributed by atoms with Crippen molar-refractivity contribution in [3.8, 4) is 5.69 Å². The Hall–Kier alpha value is -2.15. The van der Waals surface area contributed by atoms with E-state index in [1.807, 2.05) is 24.4 Å². The summed E-state index contributed by atoms with van der Waals surface area (Å²) in [5.41, 5.74) is 1.43. The van der Waals surface area contributed by atoms with Gasteiger partial charge in [-0.1, -0.05) is 0 Å². The molecular formula is C15H17N3O3S. The molecule has 1 saturated heterocycles. The highest BCUT2D eigenvalue weighted by Gasteiger charge is 2.27. The second-order valence-corrected chi connectivity index (χ2v) is 7.71. The normalized spacial score (nSPS) is 19.9. The van der Waals surface area contributed by atoms with Crippen LogP contribution in [-0.4, -0.2) is 42.2 Å². The highest BCUT2D eigenvalue weighted by atomic mass is 32.2. The molecule has 1 aliphatic rings. The number of hydrogen-bond donors (Lipinski definition) is 1. The van der Waals surface area contributed by atoms with E-state index in [4.69, 9.17) is 0 Å². The van der Waals surface area contributed by atoms with Crippen LogP contribution in [0.4, 0.5) is 0 Å². The minimum atomic E-state index is -2.90. The fraction of sp³-hybridized carbons (Fsp3) is 0.333. The Kier molecular flexibility index (Phi) is 3.98. The Morgan fingerprint density at radius 1 is 1.32 bits per heavy atom. The minimum Gasteiger partial charge on any atom is -0.352 e. The van der Waals surface area contributed by atoms with E-state index >= 15 is 0 Å². The third-order valence-electron chi connectivity index (χ3n) is 3.78. The van der Waals surface area contributed by atoms with Gasteiger partial charge in [-0.25, -0.2) is 13.1 Å². The summed E-state index contributed by atoms with van der Waals surface area (Å²) in [6, 6.07) is 8.94. The molecule has 3 rings (SSSR count). The molecule has 7 heteroatoms. The molecule has 6 nitrogen and oxygen atoms in total. The lowest BCUT2D eigenvalue weighted by Crippen LogP contribution is -2.29. The van der Waals surface area contributed by atoms with Crippen LogP contribution in [0.25, 0.3) is 5.69 Å². The van der Waals surface area contributed by atoms with E-state index in [2.05, 4.69) is 10.4 Å². The quantitative estimate of drug-likeness (QED) is 0.913. The number of amides is 1. The fourth-order valence-corrected chi connectivity index (χ4v) is 4.42. The van der Waals surface area contributed by atoms with Crippen LogP contribution in [-0.2, 0) is 9.84 Å². The zero-order valence-corrected chi connectivity index (χ0v) is 12.8. The maximum absolute atomic E-state index is 12.1. The molecule has 1 atom stereocenters. The Bertz CT molecular complexity index is 752. The average Bonchev–Trinajstić information content (AvgIpc) is 3.14. The number of hydrogen-bond acceptors (Lipinski definition) is 4. The molecule has 22 heavy (non-hydrogen) atoms. The number of sulfone groups is 1. The summed E-state index contributed by atoms with van der Waals surface area (Å²) in [5.74, 6) is 0.242. The summed E-state index contributed by atoms with van der Waals surface area (Å²) >= 11 is 0. The zero-order chi connectivity index (χ0) is 15.6. The van der Waals surface area contributed by atoms with Gasteiger partial charge in [0.2, 0.25) is 0 Å². The van der Waals surface area contributed by atoms with Crippen molar-refractivity contribution >= 4 is 15.7 Å². The summed E-state index contributed by atoms with van der Waals surface area (Å²) in [5, 5.41) is 6.93. The molecule has 2 heterocycles. The zero-order valence-electron chi connectivity index (χ0n) is 12.0. The number of benzene rings is 1.